The molecule has 1 aliphatic heterocycles. The van der Waals surface area contributed by atoms with Crippen molar-refractivity contribution < 1.29 is 14.3 Å². The van der Waals surface area contributed by atoms with Crippen molar-refractivity contribution in [3.8, 4) is 5.75 Å². The number of carbonyl (C=O) groups is 2. The van der Waals surface area contributed by atoms with Gasteiger partial charge in [-0.25, -0.2) is 4.98 Å². The average molecular weight is 512 g/mol. The summed E-state index contributed by atoms with van der Waals surface area (Å²) in [4.78, 5) is 32.2. The smallest absolute Gasteiger partial charge is 0.259 e. The summed E-state index contributed by atoms with van der Waals surface area (Å²) in [5.74, 6) is -0.0170. The fourth-order valence-corrected chi connectivity index (χ4v) is 4.09. The van der Waals surface area contributed by atoms with E-state index in [2.05, 4.69) is 15.6 Å². The second-order valence-corrected chi connectivity index (χ2v) is 8.79. The quantitative estimate of drug-likeness (QED) is 0.306. The molecule has 2 aromatic carbocycles. The van der Waals surface area contributed by atoms with Crippen LogP contribution in [0.15, 0.2) is 54.7 Å². The number of amides is 2. The summed E-state index contributed by atoms with van der Waals surface area (Å²) in [5, 5.41) is 14.5. The largest absolute Gasteiger partial charge is 0.494 e. The molecule has 0 saturated carbocycles. The van der Waals surface area contributed by atoms with Crippen molar-refractivity contribution in [1.29, 1.82) is 5.41 Å². The highest BCUT2D eigenvalue weighted by Gasteiger charge is 2.21. The maximum absolute atomic E-state index is 13.1. The molecule has 2 amide bonds. The summed E-state index contributed by atoms with van der Waals surface area (Å²) < 4.78 is 5.38. The fraction of sp³-hybridized carbons (Fsp3) is 0.200. The van der Waals surface area contributed by atoms with Crippen LogP contribution in [0.4, 0.5) is 11.5 Å². The van der Waals surface area contributed by atoms with Gasteiger partial charge in [0.25, 0.3) is 11.8 Å². The molecule has 4 rings (SSSR count). The van der Waals surface area contributed by atoms with E-state index >= 15 is 0 Å². The molecule has 0 bridgehead atoms. The number of benzene rings is 2. The SMILES string of the molecule is COc1cc(Cl)cc(C(=O)Nc2ccc(Cl)cn2)c1NC(=O)c1ccc(C(=N)N2CCCC2)cc1. The van der Waals surface area contributed by atoms with Crippen molar-refractivity contribution in [3.63, 3.8) is 0 Å². The van der Waals surface area contributed by atoms with Crippen molar-refractivity contribution in [1.82, 2.24) is 9.88 Å². The van der Waals surface area contributed by atoms with Gasteiger partial charge >= 0.3 is 0 Å². The van der Waals surface area contributed by atoms with E-state index in [9.17, 15) is 9.59 Å². The molecule has 0 atom stereocenters. The van der Waals surface area contributed by atoms with E-state index in [1.54, 1.807) is 36.4 Å². The third kappa shape index (κ3) is 5.72. The Morgan fingerprint density at radius 1 is 0.943 bits per heavy atom. The molecule has 1 saturated heterocycles. The highest BCUT2D eigenvalue weighted by Crippen LogP contribution is 2.33. The molecule has 0 aliphatic carbocycles. The Hall–Kier alpha value is -3.62. The van der Waals surface area contributed by atoms with Crippen LogP contribution in [0, 0.1) is 5.41 Å². The van der Waals surface area contributed by atoms with E-state index in [0.29, 0.717) is 16.4 Å². The standard InChI is InChI=1S/C25H23Cl2N5O3/c1-35-20-13-18(27)12-19(25(34)30-21-9-8-17(26)14-29-21)22(20)31-24(33)16-6-4-15(5-7-16)23(28)32-10-2-3-11-32/h4-9,12-14,28H,2-3,10-11H2,1H3,(H,31,33)(H,29,30,34). The number of halogens is 2. The molecular weight excluding hydrogens is 489 g/mol. The van der Waals surface area contributed by atoms with Crippen LogP contribution < -0.4 is 15.4 Å². The number of pyridine rings is 1. The Kier molecular flexibility index (Phi) is 7.53. The second kappa shape index (κ2) is 10.8. The minimum atomic E-state index is -0.537. The zero-order chi connectivity index (χ0) is 24.9. The van der Waals surface area contributed by atoms with Gasteiger partial charge in [-0.3, -0.25) is 15.0 Å². The molecule has 0 unspecified atom stereocenters. The number of ether oxygens (including phenoxy) is 1. The van der Waals surface area contributed by atoms with Crippen molar-refractivity contribution in [3.05, 3.63) is 81.5 Å². The number of methoxy groups -OCH3 is 1. The van der Waals surface area contributed by atoms with Crippen LogP contribution in [0.2, 0.25) is 10.0 Å². The van der Waals surface area contributed by atoms with Crippen molar-refractivity contribution in [2.75, 3.05) is 30.8 Å². The zero-order valence-corrected chi connectivity index (χ0v) is 20.4. The number of likely N-dealkylation sites (tertiary alicyclic amines) is 1. The zero-order valence-electron chi connectivity index (χ0n) is 18.9. The van der Waals surface area contributed by atoms with Gasteiger partial charge in [0, 0.05) is 41.5 Å². The number of aromatic nitrogens is 1. The van der Waals surface area contributed by atoms with E-state index in [-0.39, 0.29) is 27.8 Å². The van der Waals surface area contributed by atoms with Gasteiger partial charge in [0.05, 0.1) is 23.4 Å². The van der Waals surface area contributed by atoms with Gasteiger partial charge in [-0.1, -0.05) is 35.3 Å². The lowest BCUT2D eigenvalue weighted by molar-refractivity contribution is 0.102. The van der Waals surface area contributed by atoms with Crippen molar-refractivity contribution in [2.24, 2.45) is 0 Å². The summed E-state index contributed by atoms with van der Waals surface area (Å²) in [6.45, 7) is 1.74. The van der Waals surface area contributed by atoms with Gasteiger partial charge in [-0.2, -0.15) is 0 Å². The molecule has 1 aliphatic rings. The van der Waals surface area contributed by atoms with Crippen molar-refractivity contribution >= 4 is 52.4 Å². The summed E-state index contributed by atoms with van der Waals surface area (Å²) >= 11 is 12.0. The summed E-state index contributed by atoms with van der Waals surface area (Å²) in [5.41, 5.74) is 1.38. The number of rotatable bonds is 6. The summed E-state index contributed by atoms with van der Waals surface area (Å²) in [7, 11) is 1.42. The number of carbonyl (C=O) groups excluding carboxylic acids is 2. The lowest BCUT2D eigenvalue weighted by Crippen LogP contribution is -2.27. The summed E-state index contributed by atoms with van der Waals surface area (Å²) in [6, 6.07) is 12.9. The van der Waals surface area contributed by atoms with Crippen LogP contribution >= 0.6 is 23.2 Å². The van der Waals surface area contributed by atoms with Gasteiger partial charge in [0.1, 0.15) is 17.4 Å². The number of amidine groups is 1. The number of hydrogen-bond donors (Lipinski definition) is 3. The van der Waals surface area contributed by atoms with Crippen LogP contribution in [0.1, 0.15) is 39.1 Å². The van der Waals surface area contributed by atoms with E-state index in [0.717, 1.165) is 31.5 Å². The number of nitrogens with one attached hydrogen (secondary N) is 3. The average Bonchev–Trinajstić information content (AvgIpc) is 3.41. The molecule has 10 heteroatoms. The normalized spacial score (nSPS) is 12.8. The third-order valence-electron chi connectivity index (χ3n) is 5.58. The Balaban J connectivity index is 1.56. The Bertz CT molecular complexity index is 1260. The van der Waals surface area contributed by atoms with Crippen LogP contribution in [0.25, 0.3) is 0 Å². The molecule has 0 spiro atoms. The molecule has 2 heterocycles. The van der Waals surface area contributed by atoms with Gasteiger partial charge in [0.15, 0.2) is 0 Å². The third-order valence-corrected chi connectivity index (χ3v) is 6.02. The maximum Gasteiger partial charge on any atom is 0.259 e. The second-order valence-electron chi connectivity index (χ2n) is 7.92. The molecular formula is C25H23Cl2N5O3. The van der Waals surface area contributed by atoms with E-state index in [1.807, 2.05) is 4.90 Å². The molecule has 1 aromatic heterocycles. The predicted octanol–water partition coefficient (Wildman–Crippen LogP) is 5.32. The van der Waals surface area contributed by atoms with Crippen LogP contribution in [0.5, 0.6) is 5.75 Å². The predicted molar refractivity (Wildman–Crippen MR) is 137 cm³/mol. The monoisotopic (exact) mass is 511 g/mol. The van der Waals surface area contributed by atoms with Crippen LogP contribution in [0.3, 0.4) is 0 Å². The first-order chi connectivity index (χ1) is 16.9. The molecule has 35 heavy (non-hydrogen) atoms. The maximum atomic E-state index is 13.1. The highest BCUT2D eigenvalue weighted by molar-refractivity contribution is 6.32. The van der Waals surface area contributed by atoms with Crippen LogP contribution in [-0.2, 0) is 0 Å². The minimum Gasteiger partial charge on any atom is -0.494 e. The Morgan fingerprint density at radius 3 is 2.26 bits per heavy atom. The lowest BCUT2D eigenvalue weighted by Gasteiger charge is -2.19. The van der Waals surface area contributed by atoms with Gasteiger partial charge < -0.3 is 20.3 Å². The van der Waals surface area contributed by atoms with Crippen molar-refractivity contribution in [2.45, 2.75) is 12.8 Å². The number of anilines is 2. The molecule has 1 fully saturated rings. The minimum absolute atomic E-state index is 0.104. The van der Waals surface area contributed by atoms with Gasteiger partial charge in [0.2, 0.25) is 0 Å². The van der Waals surface area contributed by atoms with Crippen LogP contribution in [-0.4, -0.2) is 47.7 Å². The van der Waals surface area contributed by atoms with Gasteiger partial charge in [-0.05, 0) is 43.2 Å². The lowest BCUT2D eigenvalue weighted by atomic mass is 10.1. The Labute approximate surface area is 212 Å². The first kappa shape index (κ1) is 24.5. The highest BCUT2D eigenvalue weighted by atomic mass is 35.5. The summed E-state index contributed by atoms with van der Waals surface area (Å²) in [6.07, 6.45) is 3.57. The first-order valence-electron chi connectivity index (χ1n) is 10.9. The number of hydrogen-bond acceptors (Lipinski definition) is 5. The number of nitrogens with zero attached hydrogens (tertiary/aromatic N) is 2. The van der Waals surface area contributed by atoms with Gasteiger partial charge in [-0.15, -0.1) is 0 Å². The van der Waals surface area contributed by atoms with E-state index in [4.69, 9.17) is 33.3 Å². The first-order valence-corrected chi connectivity index (χ1v) is 11.7. The molecule has 3 aromatic rings. The molecule has 180 valence electrons. The topological polar surface area (TPSA) is 107 Å². The molecule has 0 radical (unpaired) electrons. The van der Waals surface area contributed by atoms with E-state index in [1.165, 1.54) is 25.4 Å². The fourth-order valence-electron chi connectivity index (χ4n) is 3.77. The molecule has 8 nitrogen and oxygen atoms in total. The Morgan fingerprint density at radius 2 is 1.63 bits per heavy atom. The molecule has 3 N–H and O–H groups in total. The van der Waals surface area contributed by atoms with E-state index < -0.39 is 11.8 Å².